The molecular formula is C13H14BrNO2. The van der Waals surface area contributed by atoms with Crippen LogP contribution in [0.25, 0.3) is 10.9 Å². The molecule has 4 heteroatoms. The Morgan fingerprint density at radius 2 is 2.24 bits per heavy atom. The maximum Gasteiger partial charge on any atom is 0.319 e. The summed E-state index contributed by atoms with van der Waals surface area (Å²) in [5, 5.41) is 1.18. The van der Waals surface area contributed by atoms with E-state index in [1.165, 1.54) is 5.39 Å². The third-order valence-electron chi connectivity index (χ3n) is 2.53. The minimum atomic E-state index is -0.245. The molecule has 0 aliphatic heterocycles. The molecule has 1 heterocycles. The fourth-order valence-corrected chi connectivity index (χ4v) is 1.78. The molecule has 0 radical (unpaired) electrons. The normalized spacial score (nSPS) is 12.6. The van der Waals surface area contributed by atoms with Gasteiger partial charge >= 0.3 is 5.97 Å². The maximum absolute atomic E-state index is 11.2. The van der Waals surface area contributed by atoms with Gasteiger partial charge < -0.3 is 9.72 Å². The van der Waals surface area contributed by atoms with E-state index >= 15 is 0 Å². The lowest BCUT2D eigenvalue weighted by Gasteiger charge is -2.04. The van der Waals surface area contributed by atoms with E-state index in [1.807, 2.05) is 18.2 Å². The maximum atomic E-state index is 11.2. The van der Waals surface area contributed by atoms with Crippen LogP contribution in [0.1, 0.15) is 12.6 Å². The Bertz CT molecular complexity index is 486. The van der Waals surface area contributed by atoms with E-state index in [0.717, 1.165) is 11.2 Å². The van der Waals surface area contributed by atoms with E-state index in [0.29, 0.717) is 13.0 Å². The number of hydrogen-bond donors (Lipinski definition) is 1. The molecule has 0 bridgehead atoms. The van der Waals surface area contributed by atoms with Crippen molar-refractivity contribution in [1.82, 2.24) is 4.98 Å². The first-order valence-corrected chi connectivity index (χ1v) is 6.46. The van der Waals surface area contributed by atoms with Crippen LogP contribution >= 0.6 is 15.9 Å². The number of aromatic nitrogens is 1. The minimum absolute atomic E-state index is 0.221. The van der Waals surface area contributed by atoms with Crippen LogP contribution in [0.4, 0.5) is 0 Å². The molecule has 90 valence electrons. The number of halogens is 1. The molecule has 2 rings (SSSR count). The van der Waals surface area contributed by atoms with Crippen molar-refractivity contribution in [2.24, 2.45) is 0 Å². The van der Waals surface area contributed by atoms with Crippen LogP contribution < -0.4 is 0 Å². The van der Waals surface area contributed by atoms with Crippen LogP contribution in [0.5, 0.6) is 0 Å². The SMILES string of the molecule is CC(Br)C(=O)OCCc1cc2ccccc2[nH]1. The van der Waals surface area contributed by atoms with Gasteiger partial charge in [-0.3, -0.25) is 4.79 Å². The van der Waals surface area contributed by atoms with E-state index < -0.39 is 0 Å². The summed E-state index contributed by atoms with van der Waals surface area (Å²) in [7, 11) is 0. The van der Waals surface area contributed by atoms with Crippen molar-refractivity contribution in [2.45, 2.75) is 18.2 Å². The van der Waals surface area contributed by atoms with Crippen molar-refractivity contribution < 1.29 is 9.53 Å². The van der Waals surface area contributed by atoms with Gasteiger partial charge in [0.05, 0.1) is 6.61 Å². The fourth-order valence-electron chi connectivity index (χ4n) is 1.64. The predicted molar refractivity (Wildman–Crippen MR) is 71.4 cm³/mol. The monoisotopic (exact) mass is 295 g/mol. The first-order chi connectivity index (χ1) is 8.16. The van der Waals surface area contributed by atoms with E-state index in [2.05, 4.69) is 33.0 Å². The Kier molecular flexibility index (Phi) is 3.84. The van der Waals surface area contributed by atoms with Crippen LogP contribution in [0, 0.1) is 0 Å². The number of alkyl halides is 1. The molecule has 0 aliphatic rings. The van der Waals surface area contributed by atoms with Gasteiger partial charge in [0.15, 0.2) is 0 Å². The zero-order chi connectivity index (χ0) is 12.3. The topological polar surface area (TPSA) is 42.1 Å². The average molecular weight is 296 g/mol. The smallest absolute Gasteiger partial charge is 0.319 e. The number of carbonyl (C=O) groups is 1. The molecule has 1 aromatic heterocycles. The summed E-state index contributed by atoms with van der Waals surface area (Å²) in [6, 6.07) is 10.2. The molecule has 0 saturated heterocycles. The zero-order valence-corrected chi connectivity index (χ0v) is 11.2. The number of esters is 1. The first-order valence-electron chi connectivity index (χ1n) is 5.54. The molecule has 2 aromatic rings. The quantitative estimate of drug-likeness (QED) is 0.696. The second-order valence-electron chi connectivity index (χ2n) is 3.92. The van der Waals surface area contributed by atoms with Gasteiger partial charge in [0.1, 0.15) is 4.83 Å². The number of nitrogens with one attached hydrogen (secondary N) is 1. The van der Waals surface area contributed by atoms with E-state index in [4.69, 9.17) is 4.74 Å². The van der Waals surface area contributed by atoms with Crippen LogP contribution in [0.3, 0.4) is 0 Å². The number of rotatable bonds is 4. The molecule has 0 fully saturated rings. The van der Waals surface area contributed by atoms with Gasteiger partial charge in [-0.2, -0.15) is 0 Å². The number of ether oxygens (including phenoxy) is 1. The van der Waals surface area contributed by atoms with Gasteiger partial charge in [0.2, 0.25) is 0 Å². The van der Waals surface area contributed by atoms with Crippen molar-refractivity contribution in [3.63, 3.8) is 0 Å². The number of carbonyl (C=O) groups excluding carboxylic acids is 1. The second kappa shape index (κ2) is 5.36. The number of H-pyrrole nitrogens is 1. The largest absolute Gasteiger partial charge is 0.464 e. The summed E-state index contributed by atoms with van der Waals surface area (Å²) in [5.41, 5.74) is 2.20. The van der Waals surface area contributed by atoms with Crippen molar-refractivity contribution in [1.29, 1.82) is 0 Å². The van der Waals surface area contributed by atoms with Gasteiger partial charge in [-0.1, -0.05) is 34.1 Å². The Morgan fingerprint density at radius 1 is 1.47 bits per heavy atom. The van der Waals surface area contributed by atoms with Crippen molar-refractivity contribution >= 4 is 32.8 Å². The van der Waals surface area contributed by atoms with Crippen molar-refractivity contribution in [2.75, 3.05) is 6.61 Å². The van der Waals surface area contributed by atoms with Crippen LogP contribution in [0.2, 0.25) is 0 Å². The summed E-state index contributed by atoms with van der Waals surface area (Å²) in [6.45, 7) is 2.16. The van der Waals surface area contributed by atoms with E-state index in [-0.39, 0.29) is 10.8 Å². The number of aromatic amines is 1. The summed E-state index contributed by atoms with van der Waals surface area (Å²) >= 11 is 3.17. The Morgan fingerprint density at radius 3 is 2.94 bits per heavy atom. The van der Waals surface area contributed by atoms with Gasteiger partial charge in [-0.15, -0.1) is 0 Å². The summed E-state index contributed by atoms with van der Waals surface area (Å²) in [5.74, 6) is -0.221. The number of para-hydroxylation sites is 1. The third-order valence-corrected chi connectivity index (χ3v) is 2.90. The Balaban J connectivity index is 1.93. The molecule has 3 nitrogen and oxygen atoms in total. The van der Waals surface area contributed by atoms with Gasteiger partial charge in [0, 0.05) is 17.6 Å². The standard InChI is InChI=1S/C13H14BrNO2/c1-9(14)13(16)17-7-6-11-8-10-4-2-3-5-12(10)15-11/h2-5,8-9,15H,6-7H2,1H3. The molecule has 0 spiro atoms. The molecule has 0 amide bonds. The molecule has 0 saturated carbocycles. The number of fused-ring (bicyclic) bond motifs is 1. The Labute approximate surface area is 108 Å². The minimum Gasteiger partial charge on any atom is -0.464 e. The molecule has 1 N–H and O–H groups in total. The average Bonchev–Trinajstić information content (AvgIpc) is 2.71. The predicted octanol–water partition coefficient (Wildman–Crippen LogP) is 3.04. The van der Waals surface area contributed by atoms with Crippen molar-refractivity contribution in [3.05, 3.63) is 36.0 Å². The van der Waals surface area contributed by atoms with Crippen molar-refractivity contribution in [3.8, 4) is 0 Å². The first kappa shape index (κ1) is 12.2. The molecule has 1 unspecified atom stereocenters. The van der Waals surface area contributed by atoms with Crippen LogP contribution in [-0.2, 0) is 16.0 Å². The molecular weight excluding hydrogens is 282 g/mol. The van der Waals surface area contributed by atoms with Gasteiger partial charge in [-0.05, 0) is 24.4 Å². The fraction of sp³-hybridized carbons (Fsp3) is 0.308. The second-order valence-corrected chi connectivity index (χ2v) is 5.29. The molecule has 0 aliphatic carbocycles. The van der Waals surface area contributed by atoms with Gasteiger partial charge in [0.25, 0.3) is 0 Å². The van der Waals surface area contributed by atoms with E-state index in [1.54, 1.807) is 6.92 Å². The molecule has 1 atom stereocenters. The summed E-state index contributed by atoms with van der Waals surface area (Å²) < 4.78 is 5.10. The lowest BCUT2D eigenvalue weighted by molar-refractivity contribution is -0.142. The molecule has 17 heavy (non-hydrogen) atoms. The zero-order valence-electron chi connectivity index (χ0n) is 9.57. The highest BCUT2D eigenvalue weighted by Gasteiger charge is 2.09. The lowest BCUT2D eigenvalue weighted by Crippen LogP contribution is -2.15. The lowest BCUT2D eigenvalue weighted by atomic mass is 10.2. The van der Waals surface area contributed by atoms with E-state index in [9.17, 15) is 4.79 Å². The summed E-state index contributed by atoms with van der Waals surface area (Å²) in [4.78, 5) is 14.3. The highest BCUT2D eigenvalue weighted by atomic mass is 79.9. The Hall–Kier alpha value is -1.29. The highest BCUT2D eigenvalue weighted by Crippen LogP contribution is 2.15. The van der Waals surface area contributed by atoms with Gasteiger partial charge in [-0.25, -0.2) is 0 Å². The summed E-state index contributed by atoms with van der Waals surface area (Å²) in [6.07, 6.45) is 0.708. The molecule has 1 aromatic carbocycles. The third kappa shape index (κ3) is 3.09. The number of hydrogen-bond acceptors (Lipinski definition) is 2. The van der Waals surface area contributed by atoms with Crippen LogP contribution in [-0.4, -0.2) is 22.4 Å². The highest BCUT2D eigenvalue weighted by molar-refractivity contribution is 9.10. The van der Waals surface area contributed by atoms with Crippen LogP contribution in [0.15, 0.2) is 30.3 Å². The number of benzene rings is 1.